The number of halogens is 1. The van der Waals surface area contributed by atoms with E-state index in [0.29, 0.717) is 18.1 Å². The van der Waals surface area contributed by atoms with Crippen LogP contribution in [0.4, 0.5) is 5.69 Å². The van der Waals surface area contributed by atoms with Gasteiger partial charge in [0.2, 0.25) is 5.91 Å². The fourth-order valence-electron chi connectivity index (χ4n) is 3.04. The van der Waals surface area contributed by atoms with Gasteiger partial charge in [-0.2, -0.15) is 5.10 Å². The zero-order valence-electron chi connectivity index (χ0n) is 13.9. The summed E-state index contributed by atoms with van der Waals surface area (Å²) in [5.41, 5.74) is 4.10. The van der Waals surface area contributed by atoms with E-state index in [0.717, 1.165) is 35.7 Å². The minimum absolute atomic E-state index is 0.0233. The van der Waals surface area contributed by atoms with Gasteiger partial charge in [0.1, 0.15) is 0 Å². The Kier molecular flexibility index (Phi) is 4.90. The maximum Gasteiger partial charge on any atom is 0.246 e. The van der Waals surface area contributed by atoms with Crippen LogP contribution in [0.2, 0.25) is 5.02 Å². The van der Waals surface area contributed by atoms with Crippen LogP contribution in [0.25, 0.3) is 6.08 Å². The molecule has 0 saturated carbocycles. The molecule has 1 aliphatic heterocycles. The maximum atomic E-state index is 12.4. The molecule has 0 spiro atoms. The van der Waals surface area contributed by atoms with Gasteiger partial charge in [-0.25, -0.2) is 0 Å². The Morgan fingerprint density at radius 3 is 2.54 bits per heavy atom. The fourth-order valence-corrected chi connectivity index (χ4v) is 3.24. The zero-order valence-corrected chi connectivity index (χ0v) is 14.7. The first-order valence-corrected chi connectivity index (χ1v) is 8.42. The second-order valence-corrected chi connectivity index (χ2v) is 6.36. The summed E-state index contributed by atoms with van der Waals surface area (Å²) in [6.07, 6.45) is 3.38. The molecule has 0 aliphatic carbocycles. The van der Waals surface area contributed by atoms with Crippen LogP contribution in [-0.4, -0.2) is 47.2 Å². The summed E-state index contributed by atoms with van der Waals surface area (Å²) in [7, 11) is 0. The maximum absolute atomic E-state index is 12.4. The third-order valence-corrected chi connectivity index (χ3v) is 4.65. The van der Waals surface area contributed by atoms with Crippen molar-refractivity contribution in [3.8, 4) is 0 Å². The fraction of sp³-hybridized carbons (Fsp3) is 0.333. The van der Waals surface area contributed by atoms with E-state index in [1.807, 2.05) is 43.0 Å². The van der Waals surface area contributed by atoms with Crippen LogP contribution in [0.3, 0.4) is 0 Å². The average molecular weight is 345 g/mol. The normalized spacial score (nSPS) is 15.3. The number of hydrogen-bond acceptors (Lipinski definition) is 3. The number of hydrogen-bond donors (Lipinski definition) is 1. The first-order chi connectivity index (χ1) is 11.6. The smallest absolute Gasteiger partial charge is 0.246 e. The Labute approximate surface area is 146 Å². The molecular formula is C18H21ClN4O. The summed E-state index contributed by atoms with van der Waals surface area (Å²) >= 11 is 6.11. The van der Waals surface area contributed by atoms with Gasteiger partial charge in [-0.15, -0.1) is 0 Å². The number of carbonyl (C=O) groups is 1. The van der Waals surface area contributed by atoms with Crippen LogP contribution in [0.1, 0.15) is 17.0 Å². The lowest BCUT2D eigenvalue weighted by Gasteiger charge is -2.35. The van der Waals surface area contributed by atoms with E-state index in [1.165, 1.54) is 0 Å². The van der Waals surface area contributed by atoms with Gasteiger partial charge in [0.05, 0.1) is 17.1 Å². The number of benzene rings is 1. The van der Waals surface area contributed by atoms with Crippen LogP contribution in [0.5, 0.6) is 0 Å². The van der Waals surface area contributed by atoms with Crippen molar-refractivity contribution in [1.82, 2.24) is 15.1 Å². The van der Waals surface area contributed by atoms with Gasteiger partial charge in [-0.1, -0.05) is 29.8 Å². The van der Waals surface area contributed by atoms with Crippen LogP contribution in [-0.2, 0) is 4.79 Å². The Morgan fingerprint density at radius 1 is 1.21 bits per heavy atom. The molecule has 0 unspecified atom stereocenters. The lowest BCUT2D eigenvalue weighted by atomic mass is 10.2. The van der Waals surface area contributed by atoms with Crippen molar-refractivity contribution in [2.45, 2.75) is 13.8 Å². The van der Waals surface area contributed by atoms with Crippen molar-refractivity contribution < 1.29 is 4.79 Å². The molecule has 1 aromatic heterocycles. The molecule has 1 amide bonds. The standard InChI is InChI=1S/C18H21ClN4O/c1-13-18(14(2)21-20-13)23-11-9-22(10-12-23)17(24)8-7-15-5-3-4-6-16(15)19/h3-8H,9-12H2,1-2H3,(H,20,21)/b8-7+. The summed E-state index contributed by atoms with van der Waals surface area (Å²) < 4.78 is 0. The number of H-pyrrole nitrogens is 1. The third kappa shape index (κ3) is 3.46. The molecule has 1 saturated heterocycles. The summed E-state index contributed by atoms with van der Waals surface area (Å²) in [4.78, 5) is 16.5. The SMILES string of the molecule is Cc1n[nH]c(C)c1N1CCN(C(=O)/C=C/c2ccccc2Cl)CC1. The molecule has 126 valence electrons. The number of aromatic amines is 1. The van der Waals surface area contributed by atoms with Gasteiger partial charge >= 0.3 is 0 Å². The monoisotopic (exact) mass is 344 g/mol. The highest BCUT2D eigenvalue weighted by atomic mass is 35.5. The molecule has 1 aliphatic rings. The summed E-state index contributed by atoms with van der Waals surface area (Å²) in [6, 6.07) is 7.50. The molecule has 2 heterocycles. The number of piperazine rings is 1. The molecule has 24 heavy (non-hydrogen) atoms. The number of nitrogens with one attached hydrogen (secondary N) is 1. The molecule has 0 atom stereocenters. The highest BCUT2D eigenvalue weighted by Gasteiger charge is 2.22. The van der Waals surface area contributed by atoms with Crippen molar-refractivity contribution >= 4 is 29.3 Å². The van der Waals surface area contributed by atoms with E-state index in [-0.39, 0.29) is 5.91 Å². The minimum atomic E-state index is 0.0233. The van der Waals surface area contributed by atoms with Gasteiger partial charge in [-0.3, -0.25) is 9.89 Å². The Hall–Kier alpha value is -2.27. The predicted octanol–water partition coefficient (Wildman–Crippen LogP) is 3.04. The topological polar surface area (TPSA) is 52.2 Å². The Balaban J connectivity index is 1.60. The van der Waals surface area contributed by atoms with Crippen LogP contribution in [0, 0.1) is 13.8 Å². The molecule has 3 rings (SSSR count). The quantitative estimate of drug-likeness (QED) is 0.871. The highest BCUT2D eigenvalue weighted by molar-refractivity contribution is 6.32. The molecule has 5 nitrogen and oxygen atoms in total. The number of aromatic nitrogens is 2. The van der Waals surface area contributed by atoms with Crippen molar-refractivity contribution in [2.75, 3.05) is 31.1 Å². The predicted molar refractivity (Wildman–Crippen MR) is 97.3 cm³/mol. The summed E-state index contributed by atoms with van der Waals surface area (Å²) in [5.74, 6) is 0.0233. The van der Waals surface area contributed by atoms with E-state index in [9.17, 15) is 4.79 Å². The van der Waals surface area contributed by atoms with Crippen molar-refractivity contribution in [1.29, 1.82) is 0 Å². The van der Waals surface area contributed by atoms with E-state index in [2.05, 4.69) is 15.1 Å². The number of carbonyl (C=O) groups excluding carboxylic acids is 1. The first-order valence-electron chi connectivity index (χ1n) is 8.04. The van der Waals surface area contributed by atoms with Crippen LogP contribution >= 0.6 is 11.6 Å². The van der Waals surface area contributed by atoms with Gasteiger partial charge in [0.15, 0.2) is 0 Å². The van der Waals surface area contributed by atoms with Crippen LogP contribution in [0.15, 0.2) is 30.3 Å². The molecular weight excluding hydrogens is 324 g/mol. The molecule has 1 fully saturated rings. The van der Waals surface area contributed by atoms with Gasteiger partial charge in [0.25, 0.3) is 0 Å². The van der Waals surface area contributed by atoms with E-state index < -0.39 is 0 Å². The first kappa shape index (κ1) is 16.6. The molecule has 1 N–H and O–H groups in total. The van der Waals surface area contributed by atoms with E-state index in [4.69, 9.17) is 11.6 Å². The molecule has 2 aromatic rings. The van der Waals surface area contributed by atoms with Gasteiger partial charge in [-0.05, 0) is 31.6 Å². The lowest BCUT2D eigenvalue weighted by Crippen LogP contribution is -2.48. The number of anilines is 1. The largest absolute Gasteiger partial charge is 0.365 e. The van der Waals surface area contributed by atoms with E-state index >= 15 is 0 Å². The Bertz CT molecular complexity index is 741. The Morgan fingerprint density at radius 2 is 1.92 bits per heavy atom. The molecule has 0 bridgehead atoms. The second kappa shape index (κ2) is 7.09. The van der Waals surface area contributed by atoms with Crippen molar-refractivity contribution in [2.24, 2.45) is 0 Å². The average Bonchev–Trinajstić information content (AvgIpc) is 2.93. The molecule has 6 heteroatoms. The highest BCUT2D eigenvalue weighted by Crippen LogP contribution is 2.23. The van der Waals surface area contributed by atoms with Crippen molar-refractivity contribution in [3.05, 3.63) is 52.3 Å². The minimum Gasteiger partial charge on any atom is -0.365 e. The van der Waals surface area contributed by atoms with Gasteiger partial charge < -0.3 is 9.80 Å². The van der Waals surface area contributed by atoms with E-state index in [1.54, 1.807) is 12.2 Å². The lowest BCUT2D eigenvalue weighted by molar-refractivity contribution is -0.126. The van der Waals surface area contributed by atoms with Crippen molar-refractivity contribution in [3.63, 3.8) is 0 Å². The van der Waals surface area contributed by atoms with Gasteiger partial charge in [0, 0.05) is 37.3 Å². The number of nitrogens with zero attached hydrogens (tertiary/aromatic N) is 3. The zero-order chi connectivity index (χ0) is 17.1. The number of rotatable bonds is 3. The third-order valence-electron chi connectivity index (χ3n) is 4.31. The number of amides is 1. The molecule has 0 radical (unpaired) electrons. The number of aryl methyl sites for hydroxylation is 2. The summed E-state index contributed by atoms with van der Waals surface area (Å²) in [6.45, 7) is 7.06. The van der Waals surface area contributed by atoms with Crippen LogP contribution < -0.4 is 4.90 Å². The summed E-state index contributed by atoms with van der Waals surface area (Å²) in [5, 5.41) is 7.91. The molecule has 1 aromatic carbocycles. The second-order valence-electron chi connectivity index (χ2n) is 5.95.